The van der Waals surface area contributed by atoms with E-state index in [9.17, 15) is 9.90 Å². The van der Waals surface area contributed by atoms with E-state index in [-0.39, 0.29) is 30.6 Å². The van der Waals surface area contributed by atoms with Gasteiger partial charge in [-0.15, -0.1) is 0 Å². The number of methoxy groups -OCH3 is 1. The molecule has 6 heteroatoms. The zero-order chi connectivity index (χ0) is 14.8. The Kier molecular flexibility index (Phi) is 4.07. The van der Waals surface area contributed by atoms with Gasteiger partial charge in [-0.1, -0.05) is 0 Å². The van der Waals surface area contributed by atoms with Gasteiger partial charge in [0.2, 0.25) is 5.88 Å². The molecule has 21 heavy (non-hydrogen) atoms. The number of aromatic nitrogens is 1. The van der Waals surface area contributed by atoms with Crippen LogP contribution in [0.15, 0.2) is 18.3 Å². The largest absolute Gasteiger partial charge is 0.481 e. The number of morpholine rings is 1. The molecule has 1 saturated heterocycles. The smallest absolute Gasteiger partial charge is 0.254 e. The Morgan fingerprint density at radius 2 is 2.43 bits per heavy atom. The molecule has 0 bridgehead atoms. The zero-order valence-electron chi connectivity index (χ0n) is 12.1. The Hall–Kier alpha value is -1.66. The van der Waals surface area contributed by atoms with Gasteiger partial charge in [-0.2, -0.15) is 0 Å². The van der Waals surface area contributed by atoms with Gasteiger partial charge in [0.25, 0.3) is 5.91 Å². The minimum absolute atomic E-state index is 0.0208. The van der Waals surface area contributed by atoms with Crippen LogP contribution in [0.2, 0.25) is 0 Å². The summed E-state index contributed by atoms with van der Waals surface area (Å²) in [5.74, 6) is 0.637. The van der Waals surface area contributed by atoms with Gasteiger partial charge in [0.05, 0.1) is 25.9 Å². The number of carbonyl (C=O) groups excluding carboxylic acids is 1. The van der Waals surface area contributed by atoms with Gasteiger partial charge in [-0.05, 0) is 24.8 Å². The van der Waals surface area contributed by atoms with Crippen LogP contribution in [0.4, 0.5) is 0 Å². The van der Waals surface area contributed by atoms with Crippen LogP contribution in [0.3, 0.4) is 0 Å². The molecule has 1 aromatic heterocycles. The third kappa shape index (κ3) is 2.73. The second kappa shape index (κ2) is 5.99. The molecule has 0 spiro atoms. The predicted octanol–water partition coefficient (Wildman–Crippen LogP) is 0.702. The van der Waals surface area contributed by atoms with Gasteiger partial charge >= 0.3 is 0 Å². The molecule has 1 N–H and O–H groups in total. The van der Waals surface area contributed by atoms with Crippen molar-refractivity contribution >= 4 is 5.91 Å². The second-order valence-electron chi connectivity index (χ2n) is 5.58. The van der Waals surface area contributed by atoms with Gasteiger partial charge in [0, 0.05) is 31.0 Å². The maximum atomic E-state index is 12.7. The first-order valence-corrected chi connectivity index (χ1v) is 7.26. The average molecular weight is 292 g/mol. The van der Waals surface area contributed by atoms with Gasteiger partial charge in [0.15, 0.2) is 0 Å². The second-order valence-corrected chi connectivity index (χ2v) is 5.58. The highest BCUT2D eigenvalue weighted by molar-refractivity contribution is 5.94. The van der Waals surface area contributed by atoms with Gasteiger partial charge in [0.1, 0.15) is 0 Å². The fourth-order valence-electron chi connectivity index (χ4n) is 3.27. The summed E-state index contributed by atoms with van der Waals surface area (Å²) in [6.07, 6.45) is 3.25. The maximum absolute atomic E-state index is 12.7. The fourth-order valence-corrected chi connectivity index (χ4v) is 3.27. The number of rotatable bonds is 3. The molecule has 1 aromatic rings. The van der Waals surface area contributed by atoms with Gasteiger partial charge in [-0.3, -0.25) is 4.79 Å². The molecular weight excluding hydrogens is 272 g/mol. The average Bonchev–Trinajstić information content (AvgIpc) is 2.97. The molecule has 0 aromatic carbocycles. The molecule has 0 radical (unpaired) electrons. The first-order chi connectivity index (χ1) is 10.2. The highest BCUT2D eigenvalue weighted by atomic mass is 16.5. The predicted molar refractivity (Wildman–Crippen MR) is 75.2 cm³/mol. The Balaban J connectivity index is 1.80. The van der Waals surface area contributed by atoms with E-state index in [0.717, 1.165) is 12.8 Å². The fraction of sp³-hybridized carbons (Fsp3) is 0.600. The molecule has 1 saturated carbocycles. The zero-order valence-corrected chi connectivity index (χ0v) is 12.1. The molecule has 2 fully saturated rings. The van der Waals surface area contributed by atoms with E-state index < -0.39 is 0 Å². The minimum Gasteiger partial charge on any atom is -0.481 e. The summed E-state index contributed by atoms with van der Waals surface area (Å²) in [6, 6.07) is 3.42. The lowest BCUT2D eigenvalue weighted by Crippen LogP contribution is -2.51. The van der Waals surface area contributed by atoms with E-state index in [1.54, 1.807) is 18.3 Å². The molecule has 1 amide bonds. The van der Waals surface area contributed by atoms with Crippen LogP contribution in [-0.2, 0) is 4.74 Å². The first kappa shape index (κ1) is 14.3. The van der Waals surface area contributed by atoms with Crippen molar-refractivity contribution in [1.29, 1.82) is 0 Å². The van der Waals surface area contributed by atoms with E-state index >= 15 is 0 Å². The summed E-state index contributed by atoms with van der Waals surface area (Å²) in [5, 5.41) is 9.34. The third-order valence-corrected chi connectivity index (χ3v) is 4.34. The van der Waals surface area contributed by atoms with E-state index in [4.69, 9.17) is 9.47 Å². The maximum Gasteiger partial charge on any atom is 0.254 e. The van der Waals surface area contributed by atoms with Crippen molar-refractivity contribution in [1.82, 2.24) is 9.88 Å². The molecule has 6 nitrogen and oxygen atoms in total. The number of ether oxygens (including phenoxy) is 2. The van der Waals surface area contributed by atoms with Crippen LogP contribution in [0.5, 0.6) is 5.88 Å². The number of nitrogens with zero attached hydrogens (tertiary/aromatic N) is 2. The molecule has 1 unspecified atom stereocenters. The Morgan fingerprint density at radius 3 is 3.19 bits per heavy atom. The lowest BCUT2D eigenvalue weighted by molar-refractivity contribution is -0.0449. The van der Waals surface area contributed by atoms with Crippen molar-refractivity contribution in [2.24, 2.45) is 5.92 Å². The minimum atomic E-state index is -0.0208. The Labute approximate surface area is 123 Å². The Bertz CT molecular complexity index is 522. The molecule has 1 aliphatic carbocycles. The molecule has 1 aliphatic heterocycles. The standard InChI is InChI=1S/C15H20N2O4/c1-20-14-8-11(2-3-16-14)15(19)17-4-5-21-13-7-10(9-18)6-12(13)17/h2-3,8,10,12-13,18H,4-7,9H2,1H3/t10-,12+,13?/m1/s1. The van der Waals surface area contributed by atoms with E-state index in [2.05, 4.69) is 4.98 Å². The molecule has 3 rings (SSSR count). The molecular formula is C15H20N2O4. The van der Waals surface area contributed by atoms with Crippen molar-refractivity contribution in [3.8, 4) is 5.88 Å². The van der Waals surface area contributed by atoms with Crippen LogP contribution in [0, 0.1) is 5.92 Å². The quantitative estimate of drug-likeness (QED) is 0.888. The van der Waals surface area contributed by atoms with Crippen molar-refractivity contribution in [3.05, 3.63) is 23.9 Å². The molecule has 3 atom stereocenters. The molecule has 2 aliphatic rings. The normalized spacial score (nSPS) is 28.3. The van der Waals surface area contributed by atoms with E-state index in [0.29, 0.717) is 24.6 Å². The van der Waals surface area contributed by atoms with Gasteiger partial charge in [-0.25, -0.2) is 4.98 Å². The van der Waals surface area contributed by atoms with Crippen LogP contribution in [0.25, 0.3) is 0 Å². The first-order valence-electron chi connectivity index (χ1n) is 7.26. The summed E-state index contributed by atoms with van der Waals surface area (Å²) < 4.78 is 10.8. The molecule has 114 valence electrons. The summed E-state index contributed by atoms with van der Waals surface area (Å²) >= 11 is 0. The van der Waals surface area contributed by atoms with Crippen molar-refractivity contribution in [2.45, 2.75) is 25.0 Å². The summed E-state index contributed by atoms with van der Waals surface area (Å²) in [4.78, 5) is 18.6. The highest BCUT2D eigenvalue weighted by Gasteiger charge is 2.42. The lowest BCUT2D eigenvalue weighted by Gasteiger charge is -2.37. The van der Waals surface area contributed by atoms with Crippen LogP contribution < -0.4 is 4.74 Å². The number of fused-ring (bicyclic) bond motifs is 1. The topological polar surface area (TPSA) is 71.9 Å². The van der Waals surface area contributed by atoms with Gasteiger partial charge < -0.3 is 19.5 Å². The van der Waals surface area contributed by atoms with Crippen LogP contribution in [-0.4, -0.2) is 59.9 Å². The molecule has 2 heterocycles. The number of pyridine rings is 1. The number of aliphatic hydroxyl groups excluding tert-OH is 1. The third-order valence-electron chi connectivity index (χ3n) is 4.34. The van der Waals surface area contributed by atoms with Crippen LogP contribution in [0.1, 0.15) is 23.2 Å². The SMILES string of the molecule is COc1cc(C(=O)N2CCOC3C[C@H](CO)C[C@@H]32)ccn1. The monoisotopic (exact) mass is 292 g/mol. The number of hydrogen-bond acceptors (Lipinski definition) is 5. The number of aliphatic hydroxyl groups is 1. The Morgan fingerprint density at radius 1 is 1.57 bits per heavy atom. The van der Waals surface area contributed by atoms with Crippen LogP contribution >= 0.6 is 0 Å². The summed E-state index contributed by atoms with van der Waals surface area (Å²) in [7, 11) is 1.53. The summed E-state index contributed by atoms with van der Waals surface area (Å²) in [5.41, 5.74) is 0.579. The highest BCUT2D eigenvalue weighted by Crippen LogP contribution is 2.34. The van der Waals surface area contributed by atoms with Crippen molar-refractivity contribution in [2.75, 3.05) is 26.9 Å². The van der Waals surface area contributed by atoms with Crippen molar-refractivity contribution < 1.29 is 19.4 Å². The lowest BCUT2D eigenvalue weighted by atomic mass is 10.1. The van der Waals surface area contributed by atoms with E-state index in [1.165, 1.54) is 7.11 Å². The number of carbonyl (C=O) groups is 1. The number of hydrogen-bond donors (Lipinski definition) is 1. The van der Waals surface area contributed by atoms with E-state index in [1.807, 2.05) is 4.90 Å². The summed E-state index contributed by atoms with van der Waals surface area (Å²) in [6.45, 7) is 1.29. The van der Waals surface area contributed by atoms with Crippen molar-refractivity contribution in [3.63, 3.8) is 0 Å². The number of amides is 1.